The Balaban J connectivity index is 0.000000249. The smallest absolute Gasteiger partial charge is 0.426 e. The molecule has 17 heteroatoms. The average Bonchev–Trinajstić information content (AvgIpc) is 3.92. The molecule has 7 rings (SSSR count). The van der Waals surface area contributed by atoms with Gasteiger partial charge in [0.25, 0.3) is 0 Å². The van der Waals surface area contributed by atoms with E-state index in [1.54, 1.807) is 14.1 Å². The van der Waals surface area contributed by atoms with E-state index in [2.05, 4.69) is 62.4 Å². The number of hydrogen-bond acceptors (Lipinski definition) is 11. The monoisotopic (exact) mass is 994 g/mol. The maximum Gasteiger partial charge on any atom is 0.426 e. The van der Waals surface area contributed by atoms with Gasteiger partial charge in [0.05, 0.1) is 39.0 Å². The zero-order valence-electron chi connectivity index (χ0n) is 41.9. The van der Waals surface area contributed by atoms with Crippen molar-refractivity contribution >= 4 is 41.8 Å². The van der Waals surface area contributed by atoms with E-state index in [4.69, 9.17) is 30.4 Å². The number of nitrogens with zero attached hydrogens (tertiary/aromatic N) is 3. The lowest BCUT2D eigenvalue weighted by Crippen LogP contribution is -2.47. The molecule has 2 amide bonds. The van der Waals surface area contributed by atoms with Gasteiger partial charge in [-0.2, -0.15) is 0 Å². The van der Waals surface area contributed by atoms with E-state index in [0.717, 1.165) is 38.9 Å². The van der Waals surface area contributed by atoms with Crippen molar-refractivity contribution in [2.75, 3.05) is 54.6 Å². The molecule has 5 aromatic carbocycles. The number of aliphatic imine (C=N–C) groups is 2. The zero-order chi connectivity index (χ0) is 52.1. The van der Waals surface area contributed by atoms with Crippen LogP contribution in [0.1, 0.15) is 78.2 Å². The summed E-state index contributed by atoms with van der Waals surface area (Å²) in [7, 11) is 5.78. The van der Waals surface area contributed by atoms with Gasteiger partial charge in [-0.1, -0.05) is 127 Å². The molecule has 7 N–H and O–H groups in total. The van der Waals surface area contributed by atoms with Crippen molar-refractivity contribution in [2.45, 2.75) is 56.9 Å². The van der Waals surface area contributed by atoms with Crippen molar-refractivity contribution in [1.82, 2.24) is 21.1 Å². The quantitative estimate of drug-likeness (QED) is 0.0135. The summed E-state index contributed by atoms with van der Waals surface area (Å²) in [5, 5.41) is 7.07. The molecule has 17 nitrogen and oxygen atoms in total. The third kappa shape index (κ3) is 14.9. The number of carbonyl (C=O) groups is 5. The van der Waals surface area contributed by atoms with Crippen molar-refractivity contribution in [2.24, 2.45) is 33.3 Å². The highest BCUT2D eigenvalue weighted by Gasteiger charge is 2.32. The molecule has 0 saturated carbocycles. The van der Waals surface area contributed by atoms with Gasteiger partial charge in [-0.3, -0.25) is 29.2 Å². The molecule has 2 aliphatic carbocycles. The van der Waals surface area contributed by atoms with E-state index in [1.807, 2.05) is 91.0 Å². The molecule has 0 radical (unpaired) electrons. The first kappa shape index (κ1) is 54.1. The van der Waals surface area contributed by atoms with Crippen LogP contribution in [0, 0.1) is 11.8 Å². The van der Waals surface area contributed by atoms with Crippen LogP contribution < -0.4 is 27.5 Å². The van der Waals surface area contributed by atoms with Crippen LogP contribution in [-0.2, 0) is 44.7 Å². The number of benzene rings is 5. The van der Waals surface area contributed by atoms with Gasteiger partial charge in [-0.25, -0.2) is 15.2 Å². The Hall–Kier alpha value is -8.21. The summed E-state index contributed by atoms with van der Waals surface area (Å²) >= 11 is 0. The molecule has 384 valence electrons. The number of carbonyl (C=O) groups excluding carboxylic acids is 5. The van der Waals surface area contributed by atoms with Crippen LogP contribution in [0.4, 0.5) is 4.79 Å². The number of nitrogens with two attached hydrogens (primary N) is 2. The minimum atomic E-state index is -0.755. The standard InChI is InChI=1S/C32H37N5O5.C24H29N3O4/c1-34-31(33)35-18-10-13-23(30(39)41-2)19-29(38)37(20-22-11-4-3-5-12-22)36-32(40)42-21-28-26-16-8-6-14-24(26)25-15-7-9-17-27(25)28;1-26-24(25)27-13-7-8-16(23(29)30-2)14-22(28)31-15-21-19-11-5-3-9-17(19)18-10-4-6-12-20(18)21/h3-9,11-12,14-17,23,28H,10,13,18-21H2,1-2H3,(H,36,40)(H3,33,34,35);3-6,9-12,16,21H,7-8,13-15H2,1-2H3,(H3,25,26,27)/t23-;16-/m00/s1. The highest BCUT2D eigenvalue weighted by molar-refractivity contribution is 5.85. The lowest BCUT2D eigenvalue weighted by molar-refractivity contribution is -0.153. The Bertz CT molecular complexity index is 2640. The number of ether oxygens (including phenoxy) is 4. The predicted octanol–water partition coefficient (Wildman–Crippen LogP) is 6.80. The molecule has 0 saturated heterocycles. The number of guanidine groups is 2. The van der Waals surface area contributed by atoms with Crippen LogP contribution in [0.25, 0.3) is 22.3 Å². The third-order valence-corrected chi connectivity index (χ3v) is 12.9. The molecular weight excluding hydrogens is 929 g/mol. The summed E-state index contributed by atoms with van der Waals surface area (Å²) < 4.78 is 21.1. The van der Waals surface area contributed by atoms with Gasteiger partial charge >= 0.3 is 24.0 Å². The second-order valence-corrected chi connectivity index (χ2v) is 17.5. The minimum Gasteiger partial charge on any atom is -0.469 e. The molecule has 2 atom stereocenters. The lowest BCUT2D eigenvalue weighted by Gasteiger charge is -2.25. The Kier molecular flexibility index (Phi) is 20.3. The Labute approximate surface area is 426 Å². The van der Waals surface area contributed by atoms with Crippen LogP contribution in [0.3, 0.4) is 0 Å². The number of esters is 3. The number of amides is 2. The first-order chi connectivity index (χ1) is 35.5. The van der Waals surface area contributed by atoms with Gasteiger partial charge in [0.2, 0.25) is 5.91 Å². The minimum absolute atomic E-state index is 0.00608. The van der Waals surface area contributed by atoms with Crippen molar-refractivity contribution in [3.8, 4) is 22.3 Å². The summed E-state index contributed by atoms with van der Waals surface area (Å²) in [5.74, 6) is -2.50. The normalized spacial score (nSPS) is 13.3. The molecule has 0 fully saturated rings. The number of hydrazine groups is 1. The van der Waals surface area contributed by atoms with E-state index in [9.17, 15) is 24.0 Å². The molecule has 0 bridgehead atoms. The van der Waals surface area contributed by atoms with Gasteiger partial charge in [-0.15, -0.1) is 0 Å². The largest absolute Gasteiger partial charge is 0.469 e. The predicted molar refractivity (Wildman–Crippen MR) is 280 cm³/mol. The van der Waals surface area contributed by atoms with E-state index in [1.165, 1.54) is 30.4 Å². The summed E-state index contributed by atoms with van der Waals surface area (Å²) in [5.41, 5.74) is 23.8. The molecule has 5 aromatic rings. The molecule has 0 unspecified atom stereocenters. The lowest BCUT2D eigenvalue weighted by atomic mass is 9.97. The van der Waals surface area contributed by atoms with Crippen LogP contribution >= 0.6 is 0 Å². The number of rotatable bonds is 20. The van der Waals surface area contributed by atoms with Gasteiger partial charge < -0.3 is 41.0 Å². The number of fused-ring (bicyclic) bond motifs is 6. The fourth-order valence-electron chi connectivity index (χ4n) is 9.12. The Morgan fingerprint density at radius 1 is 0.562 bits per heavy atom. The van der Waals surface area contributed by atoms with Gasteiger partial charge in [0, 0.05) is 45.4 Å². The molecule has 0 spiro atoms. The summed E-state index contributed by atoms with van der Waals surface area (Å²) in [6.07, 6.45) is 1.15. The topological polar surface area (TPSA) is 238 Å². The molecular formula is C56H66N8O9. The van der Waals surface area contributed by atoms with Gasteiger partial charge in [0.1, 0.15) is 13.2 Å². The van der Waals surface area contributed by atoms with E-state index in [0.29, 0.717) is 50.7 Å². The number of hydrogen-bond donors (Lipinski definition) is 5. The molecule has 0 heterocycles. The molecule has 0 aromatic heterocycles. The number of nitrogens with one attached hydrogen (secondary N) is 3. The van der Waals surface area contributed by atoms with Crippen LogP contribution in [-0.4, -0.2) is 101 Å². The maximum absolute atomic E-state index is 13.5. The van der Waals surface area contributed by atoms with Crippen molar-refractivity contribution < 1.29 is 42.9 Å². The second kappa shape index (κ2) is 27.4. The summed E-state index contributed by atoms with van der Waals surface area (Å²) in [6.45, 7) is 1.49. The highest BCUT2D eigenvalue weighted by atomic mass is 16.6. The van der Waals surface area contributed by atoms with Crippen LogP contribution in [0.15, 0.2) is 137 Å². The van der Waals surface area contributed by atoms with Crippen molar-refractivity contribution in [3.05, 3.63) is 155 Å². The van der Waals surface area contributed by atoms with Crippen LogP contribution in [0.5, 0.6) is 0 Å². The third-order valence-electron chi connectivity index (χ3n) is 12.9. The summed E-state index contributed by atoms with van der Waals surface area (Å²) in [4.78, 5) is 71.4. The average molecular weight is 995 g/mol. The van der Waals surface area contributed by atoms with E-state index in [-0.39, 0.29) is 44.4 Å². The highest BCUT2D eigenvalue weighted by Crippen LogP contribution is 2.45. The fourth-order valence-corrected chi connectivity index (χ4v) is 9.12. The Morgan fingerprint density at radius 3 is 1.38 bits per heavy atom. The van der Waals surface area contributed by atoms with Gasteiger partial charge in [-0.05, 0) is 75.8 Å². The first-order valence-corrected chi connectivity index (χ1v) is 24.3. The zero-order valence-corrected chi connectivity index (χ0v) is 41.9. The van der Waals surface area contributed by atoms with E-state index >= 15 is 0 Å². The first-order valence-electron chi connectivity index (χ1n) is 24.3. The molecule has 2 aliphatic rings. The Morgan fingerprint density at radius 2 is 0.959 bits per heavy atom. The number of methoxy groups -OCH3 is 2. The fraction of sp³-hybridized carbons (Fsp3) is 0.339. The van der Waals surface area contributed by atoms with Crippen molar-refractivity contribution in [3.63, 3.8) is 0 Å². The SMILES string of the molecule is CN=C(N)NCCC[C@@H](CC(=O)N(Cc1ccccc1)NC(=O)OCC1c2ccccc2-c2ccccc21)C(=O)OC.CN=C(N)NCCC[C@@H](CC(=O)OCC1c2ccccc2-c2ccccc21)C(=O)OC. The summed E-state index contributed by atoms with van der Waals surface area (Å²) in [6, 6.07) is 41.7. The van der Waals surface area contributed by atoms with Gasteiger partial charge in [0.15, 0.2) is 11.9 Å². The maximum atomic E-state index is 13.5. The van der Waals surface area contributed by atoms with Crippen molar-refractivity contribution in [1.29, 1.82) is 0 Å². The second-order valence-electron chi connectivity index (χ2n) is 17.5. The van der Waals surface area contributed by atoms with E-state index < -0.39 is 41.7 Å². The molecule has 0 aliphatic heterocycles. The van der Waals surface area contributed by atoms with Crippen LogP contribution in [0.2, 0.25) is 0 Å². The molecule has 73 heavy (non-hydrogen) atoms.